The Morgan fingerprint density at radius 1 is 1.43 bits per heavy atom. The van der Waals surface area contributed by atoms with Gasteiger partial charge in [0.25, 0.3) is 0 Å². The second-order valence-corrected chi connectivity index (χ2v) is 2.92. The Kier molecular flexibility index (Phi) is 4.47. The maximum Gasteiger partial charge on any atom is 0.412 e. The van der Waals surface area contributed by atoms with Crippen LogP contribution in [0.5, 0.6) is 0 Å². The molecule has 0 aliphatic carbocycles. The summed E-state index contributed by atoms with van der Waals surface area (Å²) in [5.41, 5.74) is 5.15. The van der Waals surface area contributed by atoms with Crippen LogP contribution in [0.4, 0.5) is 13.2 Å². The molecule has 0 heterocycles. The van der Waals surface area contributed by atoms with Crippen molar-refractivity contribution in [2.24, 2.45) is 5.73 Å². The van der Waals surface area contributed by atoms with Gasteiger partial charge in [-0.1, -0.05) is 19.6 Å². The predicted molar refractivity (Wildman–Crippen MR) is 51.5 cm³/mol. The molecule has 0 atom stereocenters. The lowest BCUT2D eigenvalue weighted by atomic mass is 10.1. The van der Waals surface area contributed by atoms with Gasteiger partial charge in [0.1, 0.15) is 0 Å². The van der Waals surface area contributed by atoms with Crippen LogP contribution in [0.15, 0.2) is 35.6 Å². The average molecular weight is 205 g/mol. The van der Waals surface area contributed by atoms with Crippen molar-refractivity contribution in [3.05, 3.63) is 35.6 Å². The molecule has 0 aromatic heterocycles. The Balaban J connectivity index is 4.93. The summed E-state index contributed by atoms with van der Waals surface area (Å²) in [7, 11) is 0. The van der Waals surface area contributed by atoms with Crippen LogP contribution in [-0.4, -0.2) is 6.18 Å². The molecule has 0 radical (unpaired) electrons. The standard InChI is InChI=1S/C10H14F3N/c1-4-5-9(8(3)14)6-7(2)10(11,12)13/h5-6H,3-4,14H2,1-2H3/b7-6+,9-5+. The number of nitrogens with two attached hydrogens (primary N) is 1. The first-order chi connectivity index (χ1) is 6.29. The van der Waals surface area contributed by atoms with Gasteiger partial charge in [-0.25, -0.2) is 0 Å². The van der Waals surface area contributed by atoms with Crippen LogP contribution in [0.3, 0.4) is 0 Å². The molecule has 0 unspecified atom stereocenters. The maximum absolute atomic E-state index is 12.1. The first-order valence-electron chi connectivity index (χ1n) is 4.19. The molecule has 0 fully saturated rings. The summed E-state index contributed by atoms with van der Waals surface area (Å²) in [5, 5.41) is 0. The minimum atomic E-state index is -4.30. The zero-order valence-electron chi connectivity index (χ0n) is 8.28. The van der Waals surface area contributed by atoms with E-state index in [0.29, 0.717) is 12.0 Å². The van der Waals surface area contributed by atoms with E-state index in [4.69, 9.17) is 5.73 Å². The van der Waals surface area contributed by atoms with E-state index in [1.165, 1.54) is 0 Å². The van der Waals surface area contributed by atoms with Crippen LogP contribution in [0.2, 0.25) is 0 Å². The minimum absolute atomic E-state index is 0.149. The van der Waals surface area contributed by atoms with Gasteiger partial charge in [0.05, 0.1) is 0 Å². The molecule has 0 aromatic rings. The van der Waals surface area contributed by atoms with Gasteiger partial charge in [-0.2, -0.15) is 13.2 Å². The maximum atomic E-state index is 12.1. The molecule has 80 valence electrons. The lowest BCUT2D eigenvalue weighted by Gasteiger charge is -2.08. The molecule has 4 heteroatoms. The fraction of sp³-hybridized carbons (Fsp3) is 0.400. The van der Waals surface area contributed by atoms with Gasteiger partial charge in [-0.05, 0) is 25.0 Å². The van der Waals surface area contributed by atoms with E-state index in [-0.39, 0.29) is 5.70 Å². The van der Waals surface area contributed by atoms with Crippen LogP contribution in [0.1, 0.15) is 20.3 Å². The zero-order valence-corrected chi connectivity index (χ0v) is 8.28. The monoisotopic (exact) mass is 205 g/mol. The van der Waals surface area contributed by atoms with Crippen LogP contribution in [0, 0.1) is 0 Å². The highest BCUT2D eigenvalue weighted by Crippen LogP contribution is 2.26. The van der Waals surface area contributed by atoms with Gasteiger partial charge in [-0.3, -0.25) is 0 Å². The van der Waals surface area contributed by atoms with Crippen molar-refractivity contribution in [2.75, 3.05) is 0 Å². The molecule has 0 amide bonds. The van der Waals surface area contributed by atoms with Gasteiger partial charge in [0, 0.05) is 11.3 Å². The van der Waals surface area contributed by atoms with Crippen LogP contribution >= 0.6 is 0 Å². The molecular formula is C10H14F3N. The summed E-state index contributed by atoms with van der Waals surface area (Å²) in [4.78, 5) is 0. The van der Waals surface area contributed by atoms with Gasteiger partial charge in [0.15, 0.2) is 0 Å². The molecule has 0 aliphatic heterocycles. The van der Waals surface area contributed by atoms with E-state index in [2.05, 4.69) is 6.58 Å². The molecule has 2 N–H and O–H groups in total. The molecule has 0 rings (SSSR count). The average Bonchev–Trinajstić information content (AvgIpc) is 2.01. The van der Waals surface area contributed by atoms with E-state index in [1.54, 1.807) is 6.08 Å². The zero-order chi connectivity index (χ0) is 11.4. The third-order valence-corrected chi connectivity index (χ3v) is 1.61. The third kappa shape index (κ3) is 4.16. The number of hydrogen-bond donors (Lipinski definition) is 1. The Hall–Kier alpha value is -1.19. The topological polar surface area (TPSA) is 26.0 Å². The van der Waals surface area contributed by atoms with Crippen molar-refractivity contribution >= 4 is 0 Å². The van der Waals surface area contributed by atoms with Crippen molar-refractivity contribution < 1.29 is 13.2 Å². The SMILES string of the molecule is C=C(N)C(=C/CC)/C=C(\C)C(F)(F)F. The molecule has 0 bridgehead atoms. The quantitative estimate of drug-likeness (QED) is 0.703. The van der Waals surface area contributed by atoms with Gasteiger partial charge < -0.3 is 5.73 Å². The summed E-state index contributed by atoms with van der Waals surface area (Å²) >= 11 is 0. The number of allylic oxidation sites excluding steroid dienone is 3. The smallest absolute Gasteiger partial charge is 0.399 e. The van der Waals surface area contributed by atoms with E-state index in [0.717, 1.165) is 13.0 Å². The molecule has 0 saturated carbocycles. The first kappa shape index (κ1) is 12.8. The van der Waals surface area contributed by atoms with Gasteiger partial charge in [-0.15, -0.1) is 0 Å². The van der Waals surface area contributed by atoms with Crippen molar-refractivity contribution in [3.8, 4) is 0 Å². The summed E-state index contributed by atoms with van der Waals surface area (Å²) in [6.07, 6.45) is -1.07. The number of hydrogen-bond acceptors (Lipinski definition) is 1. The summed E-state index contributed by atoms with van der Waals surface area (Å²) in [6, 6.07) is 0. The van der Waals surface area contributed by atoms with Crippen LogP contribution in [0.25, 0.3) is 0 Å². The fourth-order valence-corrected chi connectivity index (χ4v) is 0.818. The summed E-state index contributed by atoms with van der Waals surface area (Å²) in [5.74, 6) is 0. The number of halogens is 3. The molecular weight excluding hydrogens is 191 g/mol. The largest absolute Gasteiger partial charge is 0.412 e. The molecule has 14 heavy (non-hydrogen) atoms. The van der Waals surface area contributed by atoms with Crippen molar-refractivity contribution in [1.29, 1.82) is 0 Å². The molecule has 0 saturated heterocycles. The van der Waals surface area contributed by atoms with Crippen LogP contribution in [-0.2, 0) is 0 Å². The third-order valence-electron chi connectivity index (χ3n) is 1.61. The lowest BCUT2D eigenvalue weighted by molar-refractivity contribution is -0.0913. The normalized spacial score (nSPS) is 14.4. The summed E-state index contributed by atoms with van der Waals surface area (Å²) < 4.78 is 36.4. The lowest BCUT2D eigenvalue weighted by Crippen LogP contribution is -2.10. The Morgan fingerprint density at radius 2 is 1.93 bits per heavy atom. The van der Waals surface area contributed by atoms with Gasteiger partial charge >= 0.3 is 6.18 Å². The highest BCUT2D eigenvalue weighted by atomic mass is 19.4. The fourth-order valence-electron chi connectivity index (χ4n) is 0.818. The Morgan fingerprint density at radius 3 is 2.21 bits per heavy atom. The van der Waals surface area contributed by atoms with E-state index >= 15 is 0 Å². The number of rotatable bonds is 3. The number of alkyl halides is 3. The first-order valence-corrected chi connectivity index (χ1v) is 4.19. The summed E-state index contributed by atoms with van der Waals surface area (Å²) in [6.45, 7) is 6.23. The highest BCUT2D eigenvalue weighted by molar-refractivity contribution is 5.38. The second-order valence-electron chi connectivity index (χ2n) is 2.92. The van der Waals surface area contributed by atoms with E-state index < -0.39 is 11.7 Å². The predicted octanol–water partition coefficient (Wildman–Crippen LogP) is 3.30. The van der Waals surface area contributed by atoms with Crippen molar-refractivity contribution in [2.45, 2.75) is 26.4 Å². The van der Waals surface area contributed by atoms with Crippen LogP contribution < -0.4 is 5.73 Å². The van der Waals surface area contributed by atoms with Crippen molar-refractivity contribution in [3.63, 3.8) is 0 Å². The Bertz CT molecular complexity index is 272. The minimum Gasteiger partial charge on any atom is -0.399 e. The molecule has 0 spiro atoms. The second kappa shape index (κ2) is 4.88. The molecule has 0 aromatic carbocycles. The highest BCUT2D eigenvalue weighted by Gasteiger charge is 2.29. The molecule has 0 aliphatic rings. The van der Waals surface area contributed by atoms with E-state index in [1.807, 2.05) is 6.92 Å². The molecule has 1 nitrogen and oxygen atoms in total. The van der Waals surface area contributed by atoms with Crippen molar-refractivity contribution in [1.82, 2.24) is 0 Å². The van der Waals surface area contributed by atoms with Gasteiger partial charge in [0.2, 0.25) is 0 Å². The van der Waals surface area contributed by atoms with E-state index in [9.17, 15) is 13.2 Å². The Labute approximate surface area is 81.8 Å².